The third kappa shape index (κ3) is 3.40. The van der Waals surface area contributed by atoms with Crippen molar-refractivity contribution in [3.63, 3.8) is 0 Å². The molecular weight excluding hydrogens is 302 g/mol. The fourth-order valence-electron chi connectivity index (χ4n) is 1.04. The summed E-state index contributed by atoms with van der Waals surface area (Å²) in [6.07, 6.45) is 1.56. The van der Waals surface area contributed by atoms with E-state index in [2.05, 4.69) is 25.6 Å². The maximum atomic E-state index is 11.7. The van der Waals surface area contributed by atoms with Gasteiger partial charge in [-0.1, -0.05) is 25.2 Å². The van der Waals surface area contributed by atoms with Crippen LogP contribution in [0.2, 0.25) is 0 Å². The van der Waals surface area contributed by atoms with E-state index in [1.54, 1.807) is 20.0 Å². The predicted molar refractivity (Wildman–Crippen MR) is 65.3 cm³/mol. The topological polar surface area (TPSA) is 62.3 Å². The molecule has 5 nitrogen and oxygen atoms in total. The maximum Gasteiger partial charge on any atom is 0.303 e. The molecule has 0 fully saturated rings. The molecule has 0 aromatic carbocycles. The minimum absolute atomic E-state index is 0.369. The van der Waals surface area contributed by atoms with Gasteiger partial charge in [-0.15, -0.1) is 0 Å². The lowest BCUT2D eigenvalue weighted by Gasteiger charge is -2.17. The third-order valence-corrected chi connectivity index (χ3v) is 4.91. The van der Waals surface area contributed by atoms with Gasteiger partial charge in [-0.25, -0.2) is 9.71 Å². The Hall–Kier alpha value is -0.180. The highest BCUT2D eigenvalue weighted by Gasteiger charge is 2.19. The molecule has 0 radical (unpaired) electrons. The Morgan fingerprint density at radius 2 is 2.13 bits per heavy atom. The van der Waals surface area contributed by atoms with Gasteiger partial charge in [0.1, 0.15) is 0 Å². The lowest BCUT2D eigenvalue weighted by Crippen LogP contribution is -2.35. The van der Waals surface area contributed by atoms with Crippen molar-refractivity contribution in [2.45, 2.75) is 13.8 Å². The van der Waals surface area contributed by atoms with Crippen LogP contribution in [0.4, 0.5) is 5.13 Å². The highest BCUT2D eigenvalue weighted by atomic mass is 79.9. The van der Waals surface area contributed by atoms with Crippen LogP contribution < -0.4 is 4.72 Å². The number of aromatic nitrogens is 1. The van der Waals surface area contributed by atoms with E-state index in [1.165, 1.54) is 15.6 Å². The fourth-order valence-corrected chi connectivity index (χ4v) is 3.56. The summed E-state index contributed by atoms with van der Waals surface area (Å²) in [4.78, 5) is 3.91. The van der Waals surface area contributed by atoms with Crippen LogP contribution in [0.15, 0.2) is 9.98 Å². The van der Waals surface area contributed by atoms with E-state index in [0.717, 1.165) is 3.79 Å². The monoisotopic (exact) mass is 313 g/mol. The van der Waals surface area contributed by atoms with Crippen LogP contribution in [0, 0.1) is 0 Å². The fraction of sp³-hybridized carbons (Fsp3) is 0.571. The molecular formula is C7H12BrN3O2S2. The zero-order valence-electron chi connectivity index (χ0n) is 8.40. The first-order valence-corrected chi connectivity index (χ1v) is 7.43. The highest BCUT2D eigenvalue weighted by molar-refractivity contribution is 9.11. The summed E-state index contributed by atoms with van der Waals surface area (Å²) < 4.78 is 28.0. The molecule has 0 spiro atoms. The van der Waals surface area contributed by atoms with Gasteiger partial charge in [0, 0.05) is 13.1 Å². The number of hydrogen-bond donors (Lipinski definition) is 1. The van der Waals surface area contributed by atoms with Crippen LogP contribution in [0.5, 0.6) is 0 Å². The molecule has 0 aliphatic heterocycles. The third-order valence-electron chi connectivity index (χ3n) is 1.74. The van der Waals surface area contributed by atoms with Crippen molar-refractivity contribution in [2.24, 2.45) is 0 Å². The largest absolute Gasteiger partial charge is 0.303 e. The number of rotatable bonds is 5. The summed E-state index contributed by atoms with van der Waals surface area (Å²) in [6, 6.07) is 0. The molecule has 0 aliphatic carbocycles. The molecule has 1 aromatic heterocycles. The van der Waals surface area contributed by atoms with Gasteiger partial charge in [0.2, 0.25) is 0 Å². The van der Waals surface area contributed by atoms with Crippen LogP contribution in [0.1, 0.15) is 13.8 Å². The molecule has 86 valence electrons. The summed E-state index contributed by atoms with van der Waals surface area (Å²) in [6.45, 7) is 4.47. The van der Waals surface area contributed by atoms with E-state index in [0.29, 0.717) is 18.2 Å². The SMILES string of the molecule is CCN(CC)S(=O)(=O)Nc1ncc(Br)s1. The van der Waals surface area contributed by atoms with Gasteiger partial charge in [0.15, 0.2) is 5.13 Å². The smallest absolute Gasteiger partial charge is 0.246 e. The summed E-state index contributed by atoms with van der Waals surface area (Å²) in [5.74, 6) is 0. The molecule has 0 amide bonds. The Kier molecular flexibility index (Phi) is 4.50. The zero-order chi connectivity index (χ0) is 11.5. The van der Waals surface area contributed by atoms with Crippen LogP contribution in [-0.4, -0.2) is 30.8 Å². The Labute approximate surface area is 102 Å². The van der Waals surface area contributed by atoms with Crippen LogP contribution >= 0.6 is 27.3 Å². The Morgan fingerprint density at radius 3 is 2.53 bits per heavy atom. The first kappa shape index (κ1) is 12.9. The number of halogens is 1. The van der Waals surface area contributed by atoms with E-state index in [9.17, 15) is 8.42 Å². The van der Waals surface area contributed by atoms with Crippen LogP contribution in [-0.2, 0) is 10.2 Å². The molecule has 0 aliphatic rings. The van der Waals surface area contributed by atoms with E-state index >= 15 is 0 Å². The van der Waals surface area contributed by atoms with Crippen molar-refractivity contribution in [2.75, 3.05) is 17.8 Å². The molecule has 8 heteroatoms. The molecule has 1 rings (SSSR count). The molecule has 1 N–H and O–H groups in total. The highest BCUT2D eigenvalue weighted by Crippen LogP contribution is 2.24. The second-order valence-electron chi connectivity index (χ2n) is 2.66. The number of nitrogens with one attached hydrogen (secondary N) is 1. The molecule has 0 saturated carbocycles. The van der Waals surface area contributed by atoms with Crippen molar-refractivity contribution >= 4 is 42.6 Å². The molecule has 0 unspecified atom stereocenters. The Morgan fingerprint density at radius 1 is 1.53 bits per heavy atom. The Balaban J connectivity index is 2.80. The average Bonchev–Trinajstić information content (AvgIpc) is 2.51. The van der Waals surface area contributed by atoms with E-state index in [4.69, 9.17) is 0 Å². The summed E-state index contributed by atoms with van der Waals surface area (Å²) in [5.41, 5.74) is 0. The van der Waals surface area contributed by atoms with Crippen molar-refractivity contribution in [1.29, 1.82) is 0 Å². The quantitative estimate of drug-likeness (QED) is 0.903. The first-order valence-electron chi connectivity index (χ1n) is 4.38. The first-order chi connectivity index (χ1) is 6.99. The van der Waals surface area contributed by atoms with Crippen molar-refractivity contribution in [3.8, 4) is 0 Å². The van der Waals surface area contributed by atoms with Gasteiger partial charge in [0.25, 0.3) is 0 Å². The summed E-state index contributed by atoms with van der Waals surface area (Å²) in [5, 5.41) is 0.369. The van der Waals surface area contributed by atoms with Gasteiger partial charge in [-0.2, -0.15) is 12.7 Å². The normalized spacial score (nSPS) is 12.0. The molecule has 0 atom stereocenters. The Bertz CT molecular complexity index is 414. The molecule has 0 bridgehead atoms. The standard InChI is InChI=1S/C7H12BrN3O2S2/c1-3-11(4-2)15(12,13)10-7-9-5-6(8)14-7/h5H,3-4H2,1-2H3,(H,9,10). The summed E-state index contributed by atoms with van der Waals surface area (Å²) in [7, 11) is -3.45. The van der Waals surface area contributed by atoms with Crippen molar-refractivity contribution < 1.29 is 8.42 Å². The maximum absolute atomic E-state index is 11.7. The van der Waals surface area contributed by atoms with Crippen LogP contribution in [0.3, 0.4) is 0 Å². The summed E-state index contributed by atoms with van der Waals surface area (Å²) >= 11 is 4.46. The number of thiazole rings is 1. The molecule has 1 heterocycles. The number of hydrogen-bond acceptors (Lipinski definition) is 4. The molecule has 15 heavy (non-hydrogen) atoms. The van der Waals surface area contributed by atoms with E-state index in [-0.39, 0.29) is 0 Å². The van der Waals surface area contributed by atoms with Crippen molar-refractivity contribution in [1.82, 2.24) is 9.29 Å². The molecule has 1 aromatic rings. The minimum atomic E-state index is -3.45. The van der Waals surface area contributed by atoms with Crippen molar-refractivity contribution in [3.05, 3.63) is 9.98 Å². The lowest BCUT2D eigenvalue weighted by atomic mass is 10.7. The predicted octanol–water partition coefficient (Wildman–Crippen LogP) is 1.90. The second-order valence-corrected chi connectivity index (χ2v) is 6.74. The number of anilines is 1. The van der Waals surface area contributed by atoms with Gasteiger partial charge in [-0.05, 0) is 15.9 Å². The molecule has 0 saturated heterocycles. The second kappa shape index (κ2) is 5.24. The van der Waals surface area contributed by atoms with Gasteiger partial charge < -0.3 is 0 Å². The van der Waals surface area contributed by atoms with Gasteiger partial charge in [-0.3, -0.25) is 0 Å². The lowest BCUT2D eigenvalue weighted by molar-refractivity contribution is 0.449. The van der Waals surface area contributed by atoms with Gasteiger partial charge in [0.05, 0.1) is 9.98 Å². The van der Waals surface area contributed by atoms with E-state index < -0.39 is 10.2 Å². The minimum Gasteiger partial charge on any atom is -0.246 e. The average molecular weight is 314 g/mol. The van der Waals surface area contributed by atoms with Gasteiger partial charge >= 0.3 is 10.2 Å². The number of nitrogens with zero attached hydrogens (tertiary/aromatic N) is 2. The van der Waals surface area contributed by atoms with Crippen LogP contribution in [0.25, 0.3) is 0 Å². The van der Waals surface area contributed by atoms with E-state index in [1.807, 2.05) is 0 Å². The zero-order valence-corrected chi connectivity index (χ0v) is 11.6.